The SMILES string of the molecule is Cc1nc(-c2ccc(CCc3cccc(C(N)=O)c3C(F)(F)F)cc2)cs1. The molecule has 1 heterocycles. The fourth-order valence-electron chi connectivity index (χ4n) is 2.97. The first-order valence-corrected chi connectivity index (χ1v) is 9.14. The summed E-state index contributed by atoms with van der Waals surface area (Å²) in [5.41, 5.74) is 6.52. The third-order valence-corrected chi connectivity index (χ3v) is 5.02. The number of alkyl halides is 3. The number of hydrogen-bond donors (Lipinski definition) is 1. The van der Waals surface area contributed by atoms with Crippen LogP contribution in [0.15, 0.2) is 47.8 Å². The Bertz CT molecular complexity index is 962. The van der Waals surface area contributed by atoms with Gasteiger partial charge < -0.3 is 5.73 Å². The second-order valence-corrected chi connectivity index (χ2v) is 7.21. The average molecular weight is 390 g/mol. The van der Waals surface area contributed by atoms with Crippen LogP contribution in [0, 0.1) is 6.92 Å². The molecule has 0 radical (unpaired) electrons. The van der Waals surface area contributed by atoms with Crippen molar-refractivity contribution in [2.24, 2.45) is 5.73 Å². The van der Waals surface area contributed by atoms with Crippen molar-refractivity contribution < 1.29 is 18.0 Å². The number of carbonyl (C=O) groups is 1. The molecule has 3 nitrogen and oxygen atoms in total. The minimum Gasteiger partial charge on any atom is -0.366 e. The van der Waals surface area contributed by atoms with E-state index in [1.807, 2.05) is 36.6 Å². The van der Waals surface area contributed by atoms with Crippen LogP contribution in [0.1, 0.15) is 32.1 Å². The molecule has 0 spiro atoms. The molecule has 7 heteroatoms. The maximum absolute atomic E-state index is 13.4. The minimum absolute atomic E-state index is 0.0676. The Morgan fingerprint density at radius 2 is 1.81 bits per heavy atom. The highest BCUT2D eigenvalue weighted by Crippen LogP contribution is 2.35. The lowest BCUT2D eigenvalue weighted by molar-refractivity contribution is -0.138. The lowest BCUT2D eigenvalue weighted by atomic mass is 9.95. The van der Waals surface area contributed by atoms with E-state index in [-0.39, 0.29) is 12.0 Å². The van der Waals surface area contributed by atoms with E-state index >= 15 is 0 Å². The Morgan fingerprint density at radius 3 is 2.37 bits per heavy atom. The van der Waals surface area contributed by atoms with Gasteiger partial charge in [0.15, 0.2) is 0 Å². The maximum Gasteiger partial charge on any atom is 0.417 e. The number of primary amides is 1. The predicted octanol–water partition coefficient (Wildman–Crippen LogP) is 5.02. The van der Waals surface area contributed by atoms with Gasteiger partial charge in [-0.3, -0.25) is 4.79 Å². The van der Waals surface area contributed by atoms with E-state index in [0.717, 1.165) is 27.9 Å². The predicted molar refractivity (Wildman–Crippen MR) is 99.7 cm³/mol. The molecule has 0 unspecified atom stereocenters. The number of hydrogen-bond acceptors (Lipinski definition) is 3. The summed E-state index contributed by atoms with van der Waals surface area (Å²) < 4.78 is 40.3. The number of thiazole rings is 1. The lowest BCUT2D eigenvalue weighted by Gasteiger charge is -2.16. The number of benzene rings is 2. The number of aryl methyl sites for hydroxylation is 3. The number of amides is 1. The molecule has 0 aliphatic carbocycles. The van der Waals surface area contributed by atoms with E-state index in [2.05, 4.69) is 4.98 Å². The van der Waals surface area contributed by atoms with Crippen LogP contribution in [0.5, 0.6) is 0 Å². The molecular formula is C20H17F3N2OS. The summed E-state index contributed by atoms with van der Waals surface area (Å²) in [6.07, 6.45) is -4.06. The zero-order valence-electron chi connectivity index (χ0n) is 14.5. The van der Waals surface area contributed by atoms with Crippen LogP contribution in [-0.4, -0.2) is 10.9 Å². The van der Waals surface area contributed by atoms with Crippen molar-refractivity contribution in [1.29, 1.82) is 0 Å². The molecule has 0 fully saturated rings. The van der Waals surface area contributed by atoms with Crippen LogP contribution in [0.2, 0.25) is 0 Å². The molecular weight excluding hydrogens is 373 g/mol. The van der Waals surface area contributed by atoms with E-state index in [0.29, 0.717) is 6.42 Å². The summed E-state index contributed by atoms with van der Waals surface area (Å²) in [5, 5.41) is 2.94. The molecule has 0 bridgehead atoms. The van der Waals surface area contributed by atoms with E-state index in [4.69, 9.17) is 5.73 Å². The van der Waals surface area contributed by atoms with Gasteiger partial charge in [-0.2, -0.15) is 13.2 Å². The first-order valence-electron chi connectivity index (χ1n) is 8.26. The van der Waals surface area contributed by atoms with Crippen molar-refractivity contribution in [3.05, 3.63) is 75.1 Å². The van der Waals surface area contributed by atoms with Gasteiger partial charge in [0.25, 0.3) is 0 Å². The van der Waals surface area contributed by atoms with Gasteiger partial charge in [0.05, 0.1) is 21.8 Å². The number of aromatic nitrogens is 1. The van der Waals surface area contributed by atoms with Crippen LogP contribution in [-0.2, 0) is 19.0 Å². The Labute approximate surface area is 158 Å². The third-order valence-electron chi connectivity index (χ3n) is 4.25. The molecule has 3 rings (SSSR count). The van der Waals surface area contributed by atoms with Gasteiger partial charge in [-0.1, -0.05) is 36.4 Å². The van der Waals surface area contributed by atoms with Crippen molar-refractivity contribution in [3.63, 3.8) is 0 Å². The van der Waals surface area contributed by atoms with Gasteiger partial charge >= 0.3 is 6.18 Å². The van der Waals surface area contributed by atoms with Gasteiger partial charge in [0.2, 0.25) is 5.91 Å². The molecule has 0 saturated heterocycles. The summed E-state index contributed by atoms with van der Waals surface area (Å²) >= 11 is 1.56. The quantitative estimate of drug-likeness (QED) is 0.665. The van der Waals surface area contributed by atoms with Crippen molar-refractivity contribution >= 4 is 17.2 Å². The number of halogens is 3. The fraction of sp³-hybridized carbons (Fsp3) is 0.200. The number of nitrogens with zero attached hydrogens (tertiary/aromatic N) is 1. The Balaban J connectivity index is 1.81. The van der Waals surface area contributed by atoms with Gasteiger partial charge in [0.1, 0.15) is 0 Å². The fourth-order valence-corrected chi connectivity index (χ4v) is 3.59. The van der Waals surface area contributed by atoms with Gasteiger partial charge in [0, 0.05) is 10.9 Å². The van der Waals surface area contributed by atoms with Crippen molar-refractivity contribution in [2.75, 3.05) is 0 Å². The molecule has 0 aliphatic heterocycles. The minimum atomic E-state index is -4.63. The van der Waals surface area contributed by atoms with Crippen molar-refractivity contribution in [2.45, 2.75) is 25.9 Å². The molecule has 2 aromatic carbocycles. The first-order chi connectivity index (χ1) is 12.8. The third kappa shape index (κ3) is 4.36. The Kier molecular flexibility index (Phi) is 5.32. The second-order valence-electron chi connectivity index (χ2n) is 6.15. The molecule has 3 aromatic rings. The summed E-state index contributed by atoms with van der Waals surface area (Å²) in [7, 11) is 0. The first kappa shape index (κ1) is 19.1. The largest absolute Gasteiger partial charge is 0.417 e. The standard InChI is InChI=1S/C20H17F3N2OS/c1-12-25-17(11-27-12)14-8-5-13(6-9-14)7-10-15-3-2-4-16(19(24)26)18(15)20(21,22)23/h2-6,8-9,11H,7,10H2,1H3,(H2,24,26). The van der Waals surface area contributed by atoms with Crippen LogP contribution < -0.4 is 5.73 Å². The van der Waals surface area contributed by atoms with Gasteiger partial charge in [-0.05, 0) is 37.0 Å². The van der Waals surface area contributed by atoms with Crippen LogP contribution in [0.3, 0.4) is 0 Å². The molecule has 0 aliphatic rings. The summed E-state index contributed by atoms with van der Waals surface area (Å²) in [4.78, 5) is 15.8. The van der Waals surface area contributed by atoms with Gasteiger partial charge in [-0.15, -0.1) is 11.3 Å². The summed E-state index contributed by atoms with van der Waals surface area (Å²) in [5.74, 6) is -1.08. The highest BCUT2D eigenvalue weighted by atomic mass is 32.1. The summed E-state index contributed by atoms with van der Waals surface area (Å²) in [6, 6.07) is 11.5. The average Bonchev–Trinajstić information content (AvgIpc) is 3.05. The molecule has 140 valence electrons. The van der Waals surface area contributed by atoms with Crippen LogP contribution in [0.25, 0.3) is 11.3 Å². The van der Waals surface area contributed by atoms with E-state index < -0.39 is 23.2 Å². The molecule has 1 amide bonds. The second kappa shape index (κ2) is 7.52. The highest BCUT2D eigenvalue weighted by Gasteiger charge is 2.37. The summed E-state index contributed by atoms with van der Waals surface area (Å²) in [6.45, 7) is 1.93. The van der Waals surface area contributed by atoms with E-state index in [9.17, 15) is 18.0 Å². The zero-order valence-corrected chi connectivity index (χ0v) is 15.3. The molecule has 2 N–H and O–H groups in total. The molecule has 27 heavy (non-hydrogen) atoms. The van der Waals surface area contributed by atoms with Crippen LogP contribution in [0.4, 0.5) is 13.2 Å². The number of nitrogens with two attached hydrogens (primary N) is 1. The topological polar surface area (TPSA) is 56.0 Å². The zero-order chi connectivity index (χ0) is 19.6. The van der Waals surface area contributed by atoms with E-state index in [1.54, 1.807) is 11.3 Å². The molecule has 0 atom stereocenters. The van der Waals surface area contributed by atoms with Crippen molar-refractivity contribution in [3.8, 4) is 11.3 Å². The monoisotopic (exact) mass is 390 g/mol. The maximum atomic E-state index is 13.4. The lowest BCUT2D eigenvalue weighted by Crippen LogP contribution is -2.21. The number of rotatable bonds is 5. The highest BCUT2D eigenvalue weighted by molar-refractivity contribution is 7.09. The molecule has 1 aromatic heterocycles. The van der Waals surface area contributed by atoms with Crippen molar-refractivity contribution in [1.82, 2.24) is 4.98 Å². The van der Waals surface area contributed by atoms with E-state index in [1.165, 1.54) is 12.1 Å². The normalized spacial score (nSPS) is 11.6. The van der Waals surface area contributed by atoms with Crippen LogP contribution >= 0.6 is 11.3 Å². The molecule has 0 saturated carbocycles. The van der Waals surface area contributed by atoms with Gasteiger partial charge in [-0.25, -0.2) is 4.98 Å². The number of carbonyl (C=O) groups excluding carboxylic acids is 1. The Hall–Kier alpha value is -2.67. The Morgan fingerprint density at radius 1 is 1.11 bits per heavy atom. The smallest absolute Gasteiger partial charge is 0.366 e.